The molecule has 4 aliphatic rings. The predicted molar refractivity (Wildman–Crippen MR) is 280 cm³/mol. The van der Waals surface area contributed by atoms with Crippen LogP contribution in [0.1, 0.15) is 27.2 Å². The number of nitrogens with zero attached hydrogens (tertiary/aromatic N) is 12. The van der Waals surface area contributed by atoms with E-state index in [-0.39, 0.29) is 118 Å². The van der Waals surface area contributed by atoms with Gasteiger partial charge in [0.05, 0.1) is 0 Å². The Morgan fingerprint density at radius 3 is 0.603 bits per heavy atom. The molecule has 0 aromatic heterocycles. The Bertz CT molecular complexity index is 852. The normalized spacial score (nSPS) is 20.1. The molecule has 4 heterocycles. The number of likely N-dealkylation sites (N-methyl/N-ethyl adjacent to an activating group) is 10. The molecular formula is C43H112Cl2Mn4N12O7+10. The van der Waals surface area contributed by atoms with Crippen LogP contribution in [0.2, 0.25) is 0 Å². The van der Waals surface area contributed by atoms with Crippen molar-refractivity contribution in [2.45, 2.75) is 33.5 Å². The van der Waals surface area contributed by atoms with Gasteiger partial charge in [0, 0.05) is 166 Å². The van der Waals surface area contributed by atoms with Crippen molar-refractivity contribution in [3.63, 3.8) is 0 Å². The number of rotatable bonds is 3. The van der Waals surface area contributed by atoms with Crippen LogP contribution in [0.25, 0.3) is 0 Å². The quantitative estimate of drug-likeness (QED) is 0.174. The molecule has 19 nitrogen and oxygen atoms in total. The third-order valence-corrected chi connectivity index (χ3v) is 11.3. The summed E-state index contributed by atoms with van der Waals surface area (Å²) in [6.45, 7) is 32.6. The first-order chi connectivity index (χ1) is 26.6. The summed E-state index contributed by atoms with van der Waals surface area (Å²) < 4.78 is 0. The molecule has 0 saturated carbocycles. The van der Waals surface area contributed by atoms with E-state index < -0.39 is 6.29 Å². The van der Waals surface area contributed by atoms with Gasteiger partial charge in [-0.1, -0.05) is 7.43 Å². The maximum Gasteiger partial charge on any atom is 3.00 e. The van der Waals surface area contributed by atoms with Crippen molar-refractivity contribution in [2.75, 3.05) is 241 Å². The van der Waals surface area contributed by atoms with E-state index in [2.05, 4.69) is 151 Å². The van der Waals surface area contributed by atoms with Crippen LogP contribution in [0.5, 0.6) is 0 Å². The number of hydrogen-bond acceptors (Lipinski definition) is 14. The fourth-order valence-corrected chi connectivity index (χ4v) is 6.57. The van der Waals surface area contributed by atoms with E-state index in [1.807, 2.05) is 0 Å². The van der Waals surface area contributed by atoms with Gasteiger partial charge < -0.3 is 106 Å². The topological polar surface area (TPSA) is 237 Å². The summed E-state index contributed by atoms with van der Waals surface area (Å²) in [5.74, 6) is 0. The molecule has 12 N–H and O–H groups in total. The van der Waals surface area contributed by atoms with Gasteiger partial charge in [-0.15, -0.1) is 0 Å². The molecule has 0 amide bonds. The van der Waals surface area contributed by atoms with E-state index in [9.17, 15) is 0 Å². The first-order valence-corrected chi connectivity index (χ1v) is 22.6. The van der Waals surface area contributed by atoms with Gasteiger partial charge in [-0.2, -0.15) is 0 Å². The Kier molecular flexibility index (Phi) is 101. The molecule has 0 radical (unpaired) electrons. The predicted octanol–water partition coefficient (Wildman–Crippen LogP) is -2.19. The van der Waals surface area contributed by atoms with Gasteiger partial charge >= 0.3 is 68.3 Å². The molecular weight excluding hydrogens is 1090 g/mol. The Morgan fingerprint density at radius 1 is 0.309 bits per heavy atom. The van der Waals surface area contributed by atoms with Crippen LogP contribution in [-0.4, -0.2) is 343 Å². The maximum absolute atomic E-state index is 7.61. The van der Waals surface area contributed by atoms with Gasteiger partial charge in [0.1, 0.15) is 6.29 Å². The van der Waals surface area contributed by atoms with Gasteiger partial charge in [-0.05, 0) is 116 Å². The first kappa shape index (κ1) is 102. The van der Waals surface area contributed by atoms with Gasteiger partial charge in [0.2, 0.25) is 0 Å². The molecule has 4 rings (SSSR count). The molecule has 0 aliphatic carbocycles. The van der Waals surface area contributed by atoms with Crippen LogP contribution in [0.15, 0.2) is 0 Å². The molecule has 418 valence electrons. The Hall–Kier alpha value is 1.90. The largest absolute Gasteiger partial charge is 3.00 e. The van der Waals surface area contributed by atoms with E-state index in [0.29, 0.717) is 0 Å². The van der Waals surface area contributed by atoms with Gasteiger partial charge in [0.25, 0.3) is 0 Å². The molecule has 4 saturated heterocycles. The van der Waals surface area contributed by atoms with Gasteiger partial charge in [-0.25, -0.2) is 0 Å². The summed E-state index contributed by atoms with van der Waals surface area (Å²) in [5.41, 5.74) is 0. The van der Waals surface area contributed by atoms with Crippen LogP contribution in [0.3, 0.4) is 0 Å². The molecule has 0 aromatic carbocycles. The summed E-state index contributed by atoms with van der Waals surface area (Å²) in [7, 11) is 30.5. The van der Waals surface area contributed by atoms with E-state index in [1.54, 1.807) is 0 Å². The fourth-order valence-electron chi connectivity index (χ4n) is 6.57. The van der Waals surface area contributed by atoms with Gasteiger partial charge in [-0.3, -0.25) is 4.90 Å². The van der Waals surface area contributed by atoms with E-state index in [4.69, 9.17) is 10.2 Å². The number of aliphatic hydroxyl groups is 2. The standard InChI is InChI=1S/C19H42N6.C10H23N3.C9H21N3.C2H6O2.CH4.2CH3.Cl2.4Mn.5H2O/c1-20-6-5-7-24(15-12-21(2)9-8-20)18-19-25-16-13-22(3)10-11-23(4)14-17-25;1-11-5-4-6-12(2)8-10-13(3)9-7-11;1-10-4-6-11(2)8-9-12(3)7-5-10;1-2(3)4;;;;1-2;;;;;;;;;/h5-19H2,1-4H3;4-10H2,1-3H3;4-9H2,1-3H3;2-4H,1H3;1H4;2*1H3;;;;;;5*1H2/q;;;;;2*-1;;4*+3;;;;;. The van der Waals surface area contributed by atoms with Crippen molar-refractivity contribution in [1.29, 1.82) is 0 Å². The zero-order valence-electron chi connectivity index (χ0n) is 44.4. The summed E-state index contributed by atoms with van der Waals surface area (Å²) in [4.78, 5) is 29.8. The van der Waals surface area contributed by atoms with E-state index in [1.165, 1.54) is 190 Å². The van der Waals surface area contributed by atoms with Crippen LogP contribution in [0, 0.1) is 14.9 Å². The third kappa shape index (κ3) is 64.0. The zero-order chi connectivity index (χ0) is 42.3. The smallest absolute Gasteiger partial charge is 0.412 e. The maximum atomic E-state index is 7.61. The Balaban J connectivity index is -0.0000000559. The SMILES string of the molecule is C.CC(O)O.CN1CCCN(C)CCN(C)CC1.CN1CCCN(CCN2CCN(C)CCN(C)CC2)CCN(C)CC1.CN1CCN(C)CCN(C)CC1.ClCl.O.O.O.O.O.[CH3-].[CH3-].[Mn+3].[Mn+3].[Mn+3].[Mn+3]. The van der Waals surface area contributed by atoms with E-state index >= 15 is 0 Å². The summed E-state index contributed by atoms with van der Waals surface area (Å²) in [6.07, 6.45) is 1.43. The number of halogens is 2. The van der Waals surface area contributed by atoms with Crippen molar-refractivity contribution in [3.8, 4) is 0 Å². The minimum absolute atomic E-state index is 0. The second kappa shape index (κ2) is 66.9. The van der Waals surface area contributed by atoms with Crippen molar-refractivity contribution >= 4 is 21.7 Å². The monoisotopic (exact) mass is 1200 g/mol. The molecule has 4 aliphatic heterocycles. The van der Waals surface area contributed by atoms with Crippen molar-refractivity contribution in [2.24, 2.45) is 0 Å². The molecule has 0 bridgehead atoms. The van der Waals surface area contributed by atoms with Crippen molar-refractivity contribution < 1.29 is 106 Å². The minimum atomic E-state index is -1.17. The van der Waals surface area contributed by atoms with E-state index in [0.717, 1.165) is 0 Å². The molecule has 0 spiro atoms. The van der Waals surface area contributed by atoms with Crippen LogP contribution in [0.4, 0.5) is 0 Å². The summed E-state index contributed by atoms with van der Waals surface area (Å²) in [6, 6.07) is 0. The average molecular weight is 1200 g/mol. The Labute approximate surface area is 472 Å². The fraction of sp³-hybridized carbons (Fsp3) is 0.953. The molecule has 4 fully saturated rings. The second-order valence-electron chi connectivity index (χ2n) is 17.1. The summed E-state index contributed by atoms with van der Waals surface area (Å²) in [5, 5.41) is 15.2. The number of aliphatic hydroxyl groups excluding tert-OH is 1. The van der Waals surface area contributed by atoms with Crippen LogP contribution < -0.4 is 0 Å². The molecule has 0 atom stereocenters. The molecule has 25 heteroatoms. The third-order valence-electron chi connectivity index (χ3n) is 11.3. The number of hydrogen-bond donors (Lipinski definition) is 2. The zero-order valence-corrected chi connectivity index (χ0v) is 50.6. The van der Waals surface area contributed by atoms with Crippen molar-refractivity contribution in [3.05, 3.63) is 14.9 Å². The first-order valence-electron chi connectivity index (χ1n) is 21.4. The Morgan fingerprint density at radius 2 is 0.426 bits per heavy atom. The van der Waals surface area contributed by atoms with Gasteiger partial charge in [0.15, 0.2) is 0 Å². The second-order valence-corrected chi connectivity index (χ2v) is 17.1. The van der Waals surface area contributed by atoms with Crippen LogP contribution >= 0.6 is 21.7 Å². The van der Waals surface area contributed by atoms with Crippen molar-refractivity contribution in [1.82, 2.24) is 58.8 Å². The van der Waals surface area contributed by atoms with Crippen LogP contribution in [-0.2, 0) is 68.3 Å². The minimum Gasteiger partial charge on any atom is -0.412 e. The molecule has 0 unspecified atom stereocenters. The average Bonchev–Trinajstić information content (AvgIpc) is 3.29. The summed E-state index contributed by atoms with van der Waals surface area (Å²) >= 11 is 0. The molecule has 0 aromatic rings. The molecule has 68 heavy (non-hydrogen) atoms.